The fourth-order valence-corrected chi connectivity index (χ4v) is 6.12. The quantitative estimate of drug-likeness (QED) is 0.415. The molecule has 0 unspecified atom stereocenters. The normalized spacial score (nSPS) is 17.0. The molecule has 40 heavy (non-hydrogen) atoms. The maximum atomic E-state index is 13.9. The highest BCUT2D eigenvalue weighted by molar-refractivity contribution is 5.96. The minimum absolute atomic E-state index is 0.0341. The number of methoxy groups -OCH3 is 1. The van der Waals surface area contributed by atoms with Crippen LogP contribution in [-0.4, -0.2) is 73.7 Å². The number of pyridine rings is 1. The molecule has 1 aromatic heterocycles. The van der Waals surface area contributed by atoms with E-state index >= 15 is 0 Å². The van der Waals surface area contributed by atoms with E-state index in [-0.39, 0.29) is 11.3 Å². The molecular formula is C33H41N5O2. The van der Waals surface area contributed by atoms with Crippen molar-refractivity contribution in [3.63, 3.8) is 0 Å². The molecule has 0 N–H and O–H groups in total. The van der Waals surface area contributed by atoms with Crippen LogP contribution in [0.4, 0.5) is 5.82 Å². The second-order valence-corrected chi connectivity index (χ2v) is 12.4. The number of aromatic nitrogens is 1. The van der Waals surface area contributed by atoms with Gasteiger partial charge in [-0.1, -0.05) is 57.2 Å². The zero-order chi connectivity index (χ0) is 28.3. The molecular weight excluding hydrogens is 498 g/mol. The summed E-state index contributed by atoms with van der Waals surface area (Å²) in [5.41, 5.74) is 3.53. The molecule has 0 aliphatic carbocycles. The zero-order valence-electron chi connectivity index (χ0n) is 24.3. The molecule has 1 amide bonds. The van der Waals surface area contributed by atoms with Gasteiger partial charge in [0.25, 0.3) is 5.91 Å². The molecule has 3 aromatic rings. The largest absolute Gasteiger partial charge is 0.383 e. The van der Waals surface area contributed by atoms with Crippen LogP contribution in [0.3, 0.4) is 0 Å². The number of hydrogen-bond acceptors (Lipinski definition) is 6. The third kappa shape index (κ3) is 6.14. The molecule has 0 bridgehead atoms. The number of anilines is 1. The second-order valence-electron chi connectivity index (χ2n) is 12.4. The highest BCUT2D eigenvalue weighted by atomic mass is 16.5. The molecule has 210 valence electrons. The van der Waals surface area contributed by atoms with Crippen LogP contribution in [-0.2, 0) is 11.3 Å². The first-order valence-electron chi connectivity index (χ1n) is 14.4. The van der Waals surface area contributed by atoms with E-state index in [0.29, 0.717) is 31.2 Å². The number of hydrogen-bond donors (Lipinski definition) is 0. The number of benzene rings is 2. The predicted octanol–water partition coefficient (Wildman–Crippen LogP) is 5.44. The minimum Gasteiger partial charge on any atom is -0.383 e. The van der Waals surface area contributed by atoms with Crippen molar-refractivity contribution < 1.29 is 9.53 Å². The van der Waals surface area contributed by atoms with Gasteiger partial charge in [0.05, 0.1) is 13.2 Å². The SMILES string of the molecule is COCCN1CCC(c2ccc(C(=O)N3CCN(CC(C)(C)C)c4nc(C#N)c5ccccc5c4C3)cc2)CC1. The summed E-state index contributed by atoms with van der Waals surface area (Å²) in [6.45, 7) is 13.1. The number of rotatable bonds is 6. The fraction of sp³-hybridized carbons (Fsp3) is 0.485. The molecule has 5 rings (SSSR count). The molecule has 0 radical (unpaired) electrons. The van der Waals surface area contributed by atoms with Crippen LogP contribution in [0, 0.1) is 16.7 Å². The number of amides is 1. The number of piperidine rings is 1. The van der Waals surface area contributed by atoms with E-state index in [9.17, 15) is 10.1 Å². The van der Waals surface area contributed by atoms with E-state index in [1.807, 2.05) is 35.2 Å². The Hall–Kier alpha value is -3.47. The van der Waals surface area contributed by atoms with Crippen molar-refractivity contribution in [1.82, 2.24) is 14.8 Å². The van der Waals surface area contributed by atoms with Crippen LogP contribution < -0.4 is 4.90 Å². The number of nitriles is 1. The lowest BCUT2D eigenvalue weighted by Crippen LogP contribution is -2.38. The third-order valence-corrected chi connectivity index (χ3v) is 8.17. The maximum absolute atomic E-state index is 13.9. The van der Waals surface area contributed by atoms with E-state index in [0.717, 1.165) is 73.3 Å². The summed E-state index contributed by atoms with van der Waals surface area (Å²) in [6, 6.07) is 18.5. The van der Waals surface area contributed by atoms with Gasteiger partial charge in [-0.15, -0.1) is 0 Å². The minimum atomic E-state index is 0.0341. The van der Waals surface area contributed by atoms with E-state index in [1.54, 1.807) is 7.11 Å². The number of nitrogens with zero attached hydrogens (tertiary/aromatic N) is 5. The Kier molecular flexibility index (Phi) is 8.39. The molecule has 7 nitrogen and oxygen atoms in total. The Morgan fingerprint density at radius 3 is 2.38 bits per heavy atom. The van der Waals surface area contributed by atoms with Gasteiger partial charge in [-0.3, -0.25) is 4.79 Å². The van der Waals surface area contributed by atoms with E-state index < -0.39 is 0 Å². The highest BCUT2D eigenvalue weighted by Crippen LogP contribution is 2.34. The summed E-state index contributed by atoms with van der Waals surface area (Å²) >= 11 is 0. The molecule has 2 aliphatic heterocycles. The topological polar surface area (TPSA) is 72.7 Å². The van der Waals surface area contributed by atoms with Gasteiger partial charge in [-0.2, -0.15) is 5.26 Å². The first-order valence-corrected chi connectivity index (χ1v) is 14.4. The molecule has 1 fully saturated rings. The number of likely N-dealkylation sites (tertiary alicyclic amines) is 1. The van der Waals surface area contributed by atoms with Crippen molar-refractivity contribution in [3.05, 3.63) is 70.9 Å². The first-order chi connectivity index (χ1) is 19.3. The second kappa shape index (κ2) is 12.0. The van der Waals surface area contributed by atoms with E-state index in [1.165, 1.54) is 5.56 Å². The number of ether oxygens (including phenoxy) is 1. The van der Waals surface area contributed by atoms with Crippen molar-refractivity contribution in [1.29, 1.82) is 5.26 Å². The van der Waals surface area contributed by atoms with Crippen molar-refractivity contribution in [2.75, 3.05) is 57.9 Å². The lowest BCUT2D eigenvalue weighted by molar-refractivity contribution is 0.0751. The van der Waals surface area contributed by atoms with Gasteiger partial charge in [0.2, 0.25) is 0 Å². The molecule has 2 aromatic carbocycles. The smallest absolute Gasteiger partial charge is 0.254 e. The first kappa shape index (κ1) is 28.1. The third-order valence-electron chi connectivity index (χ3n) is 8.17. The lowest BCUT2D eigenvalue weighted by atomic mass is 9.89. The maximum Gasteiger partial charge on any atom is 0.254 e. The Balaban J connectivity index is 1.38. The lowest BCUT2D eigenvalue weighted by Gasteiger charge is -2.32. The van der Waals surface area contributed by atoms with Gasteiger partial charge < -0.3 is 19.4 Å². The van der Waals surface area contributed by atoms with Crippen LogP contribution in [0.1, 0.15) is 66.7 Å². The summed E-state index contributed by atoms with van der Waals surface area (Å²) in [5, 5.41) is 11.7. The molecule has 3 heterocycles. The standard InChI is InChI=1S/C33H41N5O2/c1-33(2,3)23-38-18-17-37(22-29-27-7-5-6-8-28(27)30(21-34)35-31(29)38)32(39)26-11-9-24(10-12-26)25-13-15-36(16-14-25)19-20-40-4/h5-12,25H,13-20,22-23H2,1-4H3. The van der Waals surface area contributed by atoms with Gasteiger partial charge in [-0.25, -0.2) is 4.98 Å². The Labute approximate surface area is 238 Å². The summed E-state index contributed by atoms with van der Waals surface area (Å²) in [4.78, 5) is 25.4. The Morgan fingerprint density at radius 2 is 1.73 bits per heavy atom. The van der Waals surface area contributed by atoms with Crippen molar-refractivity contribution in [2.24, 2.45) is 5.41 Å². The van der Waals surface area contributed by atoms with Gasteiger partial charge in [0.15, 0.2) is 5.69 Å². The van der Waals surface area contributed by atoms with Crippen LogP contribution in [0.15, 0.2) is 48.5 Å². The van der Waals surface area contributed by atoms with Crippen molar-refractivity contribution in [2.45, 2.75) is 46.1 Å². The van der Waals surface area contributed by atoms with Gasteiger partial charge in [0.1, 0.15) is 11.9 Å². The van der Waals surface area contributed by atoms with Crippen LogP contribution in [0.2, 0.25) is 0 Å². The van der Waals surface area contributed by atoms with Gasteiger partial charge in [-0.05, 0) is 60.3 Å². The fourth-order valence-electron chi connectivity index (χ4n) is 6.12. The molecule has 1 saturated heterocycles. The number of fused-ring (bicyclic) bond motifs is 3. The molecule has 0 atom stereocenters. The summed E-state index contributed by atoms with van der Waals surface area (Å²) in [6.07, 6.45) is 2.27. The van der Waals surface area contributed by atoms with Crippen LogP contribution in [0.25, 0.3) is 10.8 Å². The summed E-state index contributed by atoms with van der Waals surface area (Å²) < 4.78 is 5.23. The average Bonchev–Trinajstić information content (AvgIpc) is 3.14. The predicted molar refractivity (Wildman–Crippen MR) is 160 cm³/mol. The molecule has 7 heteroatoms. The van der Waals surface area contributed by atoms with Gasteiger partial charge in [0, 0.05) is 49.8 Å². The van der Waals surface area contributed by atoms with E-state index in [4.69, 9.17) is 9.72 Å². The highest BCUT2D eigenvalue weighted by Gasteiger charge is 2.30. The molecule has 2 aliphatic rings. The summed E-state index contributed by atoms with van der Waals surface area (Å²) in [5.74, 6) is 1.40. The summed E-state index contributed by atoms with van der Waals surface area (Å²) in [7, 11) is 1.76. The Morgan fingerprint density at radius 1 is 1.02 bits per heavy atom. The number of carbonyl (C=O) groups excluding carboxylic acids is 1. The molecule has 0 saturated carbocycles. The average molecular weight is 540 g/mol. The monoisotopic (exact) mass is 539 g/mol. The molecule has 0 spiro atoms. The zero-order valence-corrected chi connectivity index (χ0v) is 24.3. The Bertz CT molecular complexity index is 1380. The number of carbonyl (C=O) groups is 1. The van der Waals surface area contributed by atoms with E-state index in [2.05, 4.69) is 54.8 Å². The van der Waals surface area contributed by atoms with Crippen molar-refractivity contribution in [3.8, 4) is 6.07 Å². The van der Waals surface area contributed by atoms with Gasteiger partial charge >= 0.3 is 0 Å². The van der Waals surface area contributed by atoms with Crippen LogP contribution >= 0.6 is 0 Å². The van der Waals surface area contributed by atoms with Crippen molar-refractivity contribution >= 4 is 22.5 Å². The van der Waals surface area contributed by atoms with Crippen LogP contribution in [0.5, 0.6) is 0 Å².